The van der Waals surface area contributed by atoms with Gasteiger partial charge < -0.3 is 9.73 Å². The summed E-state index contributed by atoms with van der Waals surface area (Å²) in [4.78, 5) is 11.5. The van der Waals surface area contributed by atoms with E-state index in [0.29, 0.717) is 23.8 Å². The van der Waals surface area contributed by atoms with Crippen molar-refractivity contribution in [1.29, 1.82) is 0 Å². The molecule has 5 heteroatoms. The lowest BCUT2D eigenvalue weighted by molar-refractivity contribution is -0.116. The first-order valence-electron chi connectivity index (χ1n) is 6.62. The number of amides is 1. The molecule has 1 atom stereocenters. The topological polar surface area (TPSA) is 59.3 Å². The quantitative estimate of drug-likeness (QED) is 0.799. The molecule has 2 aromatic rings. The summed E-state index contributed by atoms with van der Waals surface area (Å²) in [6, 6.07) is 13.2. The van der Waals surface area contributed by atoms with Crippen LogP contribution in [0.4, 0.5) is 0 Å². The van der Waals surface area contributed by atoms with Crippen LogP contribution in [0.25, 0.3) is 6.08 Å². The molecule has 0 radical (unpaired) electrons. The number of furan rings is 1. The fourth-order valence-corrected chi connectivity index (χ4v) is 2.76. The fourth-order valence-electron chi connectivity index (χ4n) is 1.72. The van der Waals surface area contributed by atoms with Crippen molar-refractivity contribution >= 4 is 22.8 Å². The van der Waals surface area contributed by atoms with Gasteiger partial charge in [-0.15, -0.1) is 0 Å². The van der Waals surface area contributed by atoms with Gasteiger partial charge in [-0.1, -0.05) is 30.3 Å². The highest BCUT2D eigenvalue weighted by Crippen LogP contribution is 2.03. The number of hydrogen-bond acceptors (Lipinski definition) is 3. The van der Waals surface area contributed by atoms with Gasteiger partial charge in [0, 0.05) is 34.9 Å². The van der Waals surface area contributed by atoms with Gasteiger partial charge in [-0.2, -0.15) is 0 Å². The van der Waals surface area contributed by atoms with E-state index in [1.165, 1.54) is 6.08 Å². The van der Waals surface area contributed by atoms with Crippen molar-refractivity contribution in [3.8, 4) is 0 Å². The standard InChI is InChI=1S/C16H17NO3S/c18-16(9-8-15-7-4-11-20-15)17-10-12-21(19)13-14-5-2-1-3-6-14/h1-9,11H,10,12-13H2,(H,17,18)/b9-8-/t21-/m1/s1. The molecule has 0 saturated carbocycles. The lowest BCUT2D eigenvalue weighted by Gasteiger charge is -2.03. The van der Waals surface area contributed by atoms with E-state index in [-0.39, 0.29) is 5.91 Å². The van der Waals surface area contributed by atoms with Crippen LogP contribution in [-0.4, -0.2) is 22.4 Å². The van der Waals surface area contributed by atoms with Gasteiger partial charge in [0.05, 0.1) is 6.26 Å². The van der Waals surface area contributed by atoms with E-state index < -0.39 is 10.8 Å². The summed E-state index contributed by atoms with van der Waals surface area (Å²) in [5, 5.41) is 2.70. The second-order valence-electron chi connectivity index (χ2n) is 4.41. The van der Waals surface area contributed by atoms with E-state index in [9.17, 15) is 9.00 Å². The second kappa shape index (κ2) is 8.21. The van der Waals surface area contributed by atoms with Crippen molar-refractivity contribution in [3.05, 3.63) is 66.1 Å². The predicted molar refractivity (Wildman–Crippen MR) is 83.9 cm³/mol. The van der Waals surface area contributed by atoms with Crippen molar-refractivity contribution in [2.24, 2.45) is 0 Å². The molecule has 2 rings (SSSR count). The summed E-state index contributed by atoms with van der Waals surface area (Å²) >= 11 is 0. The number of nitrogens with one attached hydrogen (secondary N) is 1. The monoisotopic (exact) mass is 303 g/mol. The maximum Gasteiger partial charge on any atom is 0.244 e. The zero-order valence-corrected chi connectivity index (χ0v) is 12.3. The summed E-state index contributed by atoms with van der Waals surface area (Å²) in [5.41, 5.74) is 1.04. The molecule has 1 aromatic carbocycles. The van der Waals surface area contributed by atoms with Crippen LogP contribution >= 0.6 is 0 Å². The van der Waals surface area contributed by atoms with Crippen molar-refractivity contribution in [2.45, 2.75) is 5.75 Å². The summed E-state index contributed by atoms with van der Waals surface area (Å²) < 4.78 is 16.9. The Bertz CT molecular complexity index is 606. The first-order chi connectivity index (χ1) is 10.2. The summed E-state index contributed by atoms with van der Waals surface area (Å²) in [7, 11) is -0.978. The molecule has 0 aliphatic rings. The molecule has 0 aliphatic carbocycles. The van der Waals surface area contributed by atoms with E-state index in [1.54, 1.807) is 24.5 Å². The fraction of sp³-hybridized carbons (Fsp3) is 0.188. The minimum absolute atomic E-state index is 0.219. The van der Waals surface area contributed by atoms with Crippen molar-refractivity contribution in [3.63, 3.8) is 0 Å². The molecule has 21 heavy (non-hydrogen) atoms. The van der Waals surface area contributed by atoms with E-state index >= 15 is 0 Å². The molecule has 1 aromatic heterocycles. The average Bonchev–Trinajstić information content (AvgIpc) is 2.99. The number of carbonyl (C=O) groups excluding carboxylic acids is 1. The molecule has 0 aliphatic heterocycles. The Morgan fingerprint density at radius 2 is 2.00 bits per heavy atom. The number of rotatable bonds is 7. The van der Waals surface area contributed by atoms with Crippen LogP contribution < -0.4 is 5.32 Å². The van der Waals surface area contributed by atoms with Gasteiger partial charge in [0.2, 0.25) is 5.91 Å². The van der Waals surface area contributed by atoms with Gasteiger partial charge in [-0.3, -0.25) is 9.00 Å². The normalized spacial score (nSPS) is 12.4. The number of carbonyl (C=O) groups is 1. The van der Waals surface area contributed by atoms with Crippen LogP contribution in [0, 0.1) is 0 Å². The SMILES string of the molecule is O=C(/C=C\c1ccco1)NCC[S@@](=O)Cc1ccccc1. The summed E-state index contributed by atoms with van der Waals surface area (Å²) in [6.45, 7) is 0.390. The average molecular weight is 303 g/mol. The maximum absolute atomic E-state index is 11.9. The minimum atomic E-state index is -0.978. The molecular formula is C16H17NO3S. The molecule has 0 spiro atoms. The zero-order valence-electron chi connectivity index (χ0n) is 11.5. The van der Waals surface area contributed by atoms with E-state index in [0.717, 1.165) is 5.56 Å². The molecule has 0 saturated heterocycles. The molecule has 0 unspecified atom stereocenters. The molecule has 0 bridgehead atoms. The van der Waals surface area contributed by atoms with Crippen LogP contribution in [0.3, 0.4) is 0 Å². The first-order valence-corrected chi connectivity index (χ1v) is 8.11. The molecule has 0 fully saturated rings. The third-order valence-electron chi connectivity index (χ3n) is 2.74. The Balaban J connectivity index is 1.67. The Kier molecular flexibility index (Phi) is 5.97. The maximum atomic E-state index is 11.9. The molecule has 1 N–H and O–H groups in total. The highest BCUT2D eigenvalue weighted by atomic mass is 32.2. The lowest BCUT2D eigenvalue weighted by Crippen LogP contribution is -2.26. The van der Waals surface area contributed by atoms with Crippen molar-refractivity contribution in [1.82, 2.24) is 5.32 Å². The van der Waals surface area contributed by atoms with E-state index in [4.69, 9.17) is 4.42 Å². The molecular weight excluding hydrogens is 286 g/mol. The summed E-state index contributed by atoms with van der Waals surface area (Å²) in [6.07, 6.45) is 4.54. The van der Waals surface area contributed by atoms with Gasteiger partial charge >= 0.3 is 0 Å². The van der Waals surface area contributed by atoms with Gasteiger partial charge in [0.15, 0.2) is 0 Å². The molecule has 4 nitrogen and oxygen atoms in total. The third kappa shape index (κ3) is 5.79. The molecule has 1 heterocycles. The smallest absolute Gasteiger partial charge is 0.244 e. The van der Waals surface area contributed by atoms with Crippen molar-refractivity contribution in [2.75, 3.05) is 12.3 Å². The van der Waals surface area contributed by atoms with Crippen LogP contribution in [0.15, 0.2) is 59.2 Å². The van der Waals surface area contributed by atoms with E-state index in [1.807, 2.05) is 30.3 Å². The lowest BCUT2D eigenvalue weighted by atomic mass is 10.2. The van der Waals surface area contributed by atoms with Crippen LogP contribution in [0.5, 0.6) is 0 Å². The Labute approximate surface area is 126 Å². The number of hydrogen-bond donors (Lipinski definition) is 1. The van der Waals surface area contributed by atoms with Gasteiger partial charge in [-0.05, 0) is 23.8 Å². The predicted octanol–water partition coefficient (Wildman–Crippen LogP) is 2.36. The third-order valence-corrected chi connectivity index (χ3v) is 4.06. The molecule has 1 amide bonds. The first kappa shape index (κ1) is 15.3. The highest BCUT2D eigenvalue weighted by Gasteiger charge is 2.02. The van der Waals surface area contributed by atoms with Gasteiger partial charge in [-0.25, -0.2) is 0 Å². The van der Waals surface area contributed by atoms with Crippen molar-refractivity contribution < 1.29 is 13.4 Å². The Hall–Kier alpha value is -2.14. The Morgan fingerprint density at radius 1 is 1.19 bits per heavy atom. The zero-order chi connectivity index (χ0) is 14.9. The Morgan fingerprint density at radius 3 is 2.71 bits per heavy atom. The largest absolute Gasteiger partial charge is 0.465 e. The van der Waals surface area contributed by atoms with Gasteiger partial charge in [0.1, 0.15) is 5.76 Å². The second-order valence-corrected chi connectivity index (χ2v) is 5.99. The molecule has 110 valence electrons. The summed E-state index contributed by atoms with van der Waals surface area (Å²) in [5.74, 6) is 1.36. The minimum Gasteiger partial charge on any atom is -0.465 e. The van der Waals surface area contributed by atoms with Crippen LogP contribution in [0.1, 0.15) is 11.3 Å². The van der Waals surface area contributed by atoms with Gasteiger partial charge in [0.25, 0.3) is 0 Å². The number of benzene rings is 1. The van der Waals surface area contributed by atoms with Crippen LogP contribution in [0.2, 0.25) is 0 Å². The van der Waals surface area contributed by atoms with E-state index in [2.05, 4.69) is 5.32 Å². The highest BCUT2D eigenvalue weighted by molar-refractivity contribution is 7.84. The van der Waals surface area contributed by atoms with Crippen LogP contribution in [-0.2, 0) is 21.3 Å².